The number of carbonyl (C=O) groups excluding carboxylic acids is 2. The molecule has 1 amide bonds. The third kappa shape index (κ3) is 55.9. The van der Waals surface area contributed by atoms with E-state index < -0.39 is 12.1 Å². The predicted octanol–water partition coefficient (Wildman–Crippen LogP) is 20.0. The molecule has 0 saturated carbocycles. The number of aliphatic hydroxyl groups is 2. The molecule has 6 heteroatoms. The van der Waals surface area contributed by atoms with Crippen molar-refractivity contribution in [2.45, 2.75) is 373 Å². The van der Waals surface area contributed by atoms with Crippen LogP contribution in [0.2, 0.25) is 0 Å². The molecule has 0 fully saturated rings. The molecule has 0 radical (unpaired) electrons. The fourth-order valence-corrected chi connectivity index (χ4v) is 10.2. The van der Waals surface area contributed by atoms with E-state index in [2.05, 4.69) is 31.3 Å². The Hall–Kier alpha value is -1.40. The quantitative estimate of drug-likeness (QED) is 0.0321. The molecular formula is C64H125NO5. The normalized spacial score (nSPS) is 12.6. The van der Waals surface area contributed by atoms with Crippen LogP contribution < -0.4 is 5.32 Å². The van der Waals surface area contributed by atoms with Gasteiger partial charge in [0.15, 0.2) is 0 Å². The van der Waals surface area contributed by atoms with Crippen molar-refractivity contribution in [2.24, 2.45) is 0 Å². The predicted molar refractivity (Wildman–Crippen MR) is 306 cm³/mol. The van der Waals surface area contributed by atoms with Crippen LogP contribution in [-0.2, 0) is 14.3 Å². The minimum atomic E-state index is -0.670. The monoisotopic (exact) mass is 988 g/mol. The highest BCUT2D eigenvalue weighted by atomic mass is 16.5. The Labute approximate surface area is 438 Å². The summed E-state index contributed by atoms with van der Waals surface area (Å²) in [6.45, 7) is 4.98. The standard InChI is InChI=1S/C64H125NO5/c1-3-5-7-9-11-13-15-17-19-24-28-32-36-40-44-48-52-56-62(67)61(60-66)65-63(68)57-53-49-45-41-37-33-29-26-22-21-23-27-31-35-39-43-47-51-55-59-70-64(69)58-54-50-46-42-38-34-30-25-20-18-16-14-12-10-8-6-4-2/h21-22,61-62,66-67H,3-20,23-60H2,1-2H3,(H,65,68)/b22-21-. The van der Waals surface area contributed by atoms with Gasteiger partial charge in [0.2, 0.25) is 5.91 Å². The van der Waals surface area contributed by atoms with E-state index in [1.807, 2.05) is 0 Å². The molecule has 0 spiro atoms. The van der Waals surface area contributed by atoms with Gasteiger partial charge in [-0.2, -0.15) is 0 Å². The molecule has 416 valence electrons. The van der Waals surface area contributed by atoms with Gasteiger partial charge in [0.25, 0.3) is 0 Å². The van der Waals surface area contributed by atoms with Crippen molar-refractivity contribution in [1.29, 1.82) is 0 Å². The molecule has 0 bridgehead atoms. The second-order valence-corrected chi connectivity index (χ2v) is 22.1. The van der Waals surface area contributed by atoms with Crippen molar-refractivity contribution in [3.05, 3.63) is 12.2 Å². The number of esters is 1. The van der Waals surface area contributed by atoms with Crippen molar-refractivity contribution in [1.82, 2.24) is 5.32 Å². The molecule has 0 aliphatic heterocycles. The Kier molecular flexibility index (Phi) is 59.0. The lowest BCUT2D eigenvalue weighted by atomic mass is 10.0. The van der Waals surface area contributed by atoms with Gasteiger partial charge < -0.3 is 20.3 Å². The van der Waals surface area contributed by atoms with E-state index in [1.54, 1.807) is 0 Å². The first-order valence-electron chi connectivity index (χ1n) is 31.9. The average molecular weight is 989 g/mol. The summed E-state index contributed by atoms with van der Waals surface area (Å²) in [5, 5.41) is 23.3. The van der Waals surface area contributed by atoms with Crippen molar-refractivity contribution < 1.29 is 24.5 Å². The van der Waals surface area contributed by atoms with Gasteiger partial charge >= 0.3 is 5.97 Å². The van der Waals surface area contributed by atoms with E-state index >= 15 is 0 Å². The summed E-state index contributed by atoms with van der Waals surface area (Å²) in [6, 6.07) is -0.548. The first-order valence-corrected chi connectivity index (χ1v) is 31.9. The van der Waals surface area contributed by atoms with E-state index in [0.29, 0.717) is 25.9 Å². The number of hydrogen-bond acceptors (Lipinski definition) is 5. The number of aliphatic hydroxyl groups excluding tert-OH is 2. The average Bonchev–Trinajstić information content (AvgIpc) is 3.36. The number of ether oxygens (including phenoxy) is 1. The smallest absolute Gasteiger partial charge is 0.305 e. The Morgan fingerprint density at radius 2 is 0.671 bits per heavy atom. The Balaban J connectivity index is 3.41. The highest BCUT2D eigenvalue weighted by Crippen LogP contribution is 2.18. The van der Waals surface area contributed by atoms with Crippen LogP contribution in [0.3, 0.4) is 0 Å². The van der Waals surface area contributed by atoms with Crippen LogP contribution in [0.5, 0.6) is 0 Å². The maximum absolute atomic E-state index is 12.5. The number of carbonyl (C=O) groups is 2. The number of unbranched alkanes of at least 4 members (excludes halogenated alkanes) is 47. The highest BCUT2D eigenvalue weighted by Gasteiger charge is 2.20. The van der Waals surface area contributed by atoms with Crippen LogP contribution in [0.25, 0.3) is 0 Å². The van der Waals surface area contributed by atoms with Crippen LogP contribution in [0.4, 0.5) is 0 Å². The van der Waals surface area contributed by atoms with E-state index in [9.17, 15) is 19.8 Å². The number of allylic oxidation sites excluding steroid dienone is 2. The second-order valence-electron chi connectivity index (χ2n) is 22.1. The zero-order valence-electron chi connectivity index (χ0n) is 47.5. The minimum absolute atomic E-state index is 0.00883. The zero-order chi connectivity index (χ0) is 50.7. The summed E-state index contributed by atoms with van der Waals surface area (Å²) in [4.78, 5) is 24.6. The van der Waals surface area contributed by atoms with Crippen molar-refractivity contribution in [3.8, 4) is 0 Å². The summed E-state index contributed by atoms with van der Waals surface area (Å²) in [6.07, 6.45) is 72.2. The second kappa shape index (κ2) is 60.2. The Bertz CT molecular complexity index is 1050. The van der Waals surface area contributed by atoms with Gasteiger partial charge in [-0.15, -0.1) is 0 Å². The highest BCUT2D eigenvalue weighted by molar-refractivity contribution is 5.76. The van der Waals surface area contributed by atoms with Crippen LogP contribution >= 0.6 is 0 Å². The fraction of sp³-hybridized carbons (Fsp3) is 0.938. The molecule has 0 heterocycles. The van der Waals surface area contributed by atoms with Gasteiger partial charge in [-0.05, 0) is 51.4 Å². The van der Waals surface area contributed by atoms with Gasteiger partial charge in [0.05, 0.1) is 25.4 Å². The summed E-state index contributed by atoms with van der Waals surface area (Å²) >= 11 is 0. The minimum Gasteiger partial charge on any atom is -0.466 e. The Morgan fingerprint density at radius 3 is 1.01 bits per heavy atom. The van der Waals surface area contributed by atoms with E-state index in [4.69, 9.17) is 4.74 Å². The molecule has 3 N–H and O–H groups in total. The molecule has 0 aromatic heterocycles. The molecule has 6 nitrogen and oxygen atoms in total. The lowest BCUT2D eigenvalue weighted by molar-refractivity contribution is -0.143. The molecule has 0 aliphatic rings. The largest absolute Gasteiger partial charge is 0.466 e. The fourth-order valence-electron chi connectivity index (χ4n) is 10.2. The van der Waals surface area contributed by atoms with E-state index in [1.165, 1.54) is 289 Å². The van der Waals surface area contributed by atoms with E-state index in [0.717, 1.165) is 38.5 Å². The van der Waals surface area contributed by atoms with Crippen molar-refractivity contribution in [3.63, 3.8) is 0 Å². The molecule has 2 unspecified atom stereocenters. The maximum atomic E-state index is 12.5. The van der Waals surface area contributed by atoms with Gasteiger partial charge in [0.1, 0.15) is 0 Å². The van der Waals surface area contributed by atoms with Gasteiger partial charge in [-0.3, -0.25) is 9.59 Å². The Morgan fingerprint density at radius 1 is 0.386 bits per heavy atom. The summed E-state index contributed by atoms with van der Waals surface area (Å²) in [5.74, 6) is -0.0325. The van der Waals surface area contributed by atoms with Gasteiger partial charge in [-0.1, -0.05) is 309 Å². The lowest BCUT2D eigenvalue weighted by Crippen LogP contribution is -2.45. The molecule has 70 heavy (non-hydrogen) atoms. The molecule has 0 saturated heterocycles. The number of nitrogens with one attached hydrogen (secondary N) is 1. The third-order valence-corrected chi connectivity index (χ3v) is 15.1. The van der Waals surface area contributed by atoms with Crippen LogP contribution in [-0.4, -0.2) is 47.4 Å². The zero-order valence-corrected chi connectivity index (χ0v) is 47.5. The molecule has 0 aromatic rings. The number of amides is 1. The molecular weight excluding hydrogens is 863 g/mol. The first kappa shape index (κ1) is 68.6. The van der Waals surface area contributed by atoms with Crippen molar-refractivity contribution >= 4 is 11.9 Å². The topological polar surface area (TPSA) is 95.9 Å². The molecule has 0 aromatic carbocycles. The lowest BCUT2D eigenvalue weighted by Gasteiger charge is -2.22. The van der Waals surface area contributed by atoms with Gasteiger partial charge in [0, 0.05) is 12.8 Å². The van der Waals surface area contributed by atoms with E-state index in [-0.39, 0.29) is 18.5 Å². The van der Waals surface area contributed by atoms with Crippen molar-refractivity contribution in [2.75, 3.05) is 13.2 Å². The maximum Gasteiger partial charge on any atom is 0.305 e. The molecule has 0 aliphatic carbocycles. The molecule has 0 rings (SSSR count). The summed E-state index contributed by atoms with van der Waals surface area (Å²) in [7, 11) is 0. The number of rotatable bonds is 60. The van der Waals surface area contributed by atoms with Gasteiger partial charge in [-0.25, -0.2) is 0 Å². The first-order chi connectivity index (χ1) is 34.5. The van der Waals surface area contributed by atoms with Crippen LogP contribution in [0.15, 0.2) is 12.2 Å². The third-order valence-electron chi connectivity index (χ3n) is 15.1. The van der Waals surface area contributed by atoms with Crippen LogP contribution in [0.1, 0.15) is 361 Å². The number of hydrogen-bond donors (Lipinski definition) is 3. The SMILES string of the molecule is CCCCCCCCCCCCCCCCCCCC(=O)OCCCCCCCCCC/C=C\CCCCCCCCCC(=O)NC(CO)C(O)CCCCCCCCCCCCCCCCCCC. The summed E-state index contributed by atoms with van der Waals surface area (Å²) in [5.41, 5.74) is 0. The van der Waals surface area contributed by atoms with Crippen LogP contribution in [0, 0.1) is 0 Å². The summed E-state index contributed by atoms with van der Waals surface area (Å²) < 4.78 is 5.49. The molecule has 2 atom stereocenters.